The molecule has 0 spiro atoms. The van der Waals surface area contributed by atoms with E-state index in [1.165, 1.54) is 12.3 Å². The molecule has 4 nitrogen and oxygen atoms in total. The largest absolute Gasteiger partial charge is 0.417 e. The minimum absolute atomic E-state index is 0.609. The van der Waals surface area contributed by atoms with E-state index in [4.69, 9.17) is 0 Å². The third kappa shape index (κ3) is 4.67. The molecule has 122 valence electrons. The molecule has 0 amide bonds. The lowest BCUT2D eigenvalue weighted by atomic mass is 10.2. The van der Waals surface area contributed by atoms with E-state index in [-0.39, 0.29) is 0 Å². The van der Waals surface area contributed by atoms with E-state index < -0.39 is 26.7 Å². The molecule has 2 aromatic carbocycles. The predicted octanol–water partition coefficient (Wildman–Crippen LogP) is 3.62. The molecule has 0 heterocycles. The fourth-order valence-electron chi connectivity index (χ4n) is 1.70. The number of hydrazone groups is 1. The molecule has 0 saturated carbocycles. The predicted molar refractivity (Wildman–Crippen MR) is 88.5 cm³/mol. The minimum atomic E-state index is -4.77. The van der Waals surface area contributed by atoms with Gasteiger partial charge in [-0.15, -0.1) is 0 Å². The molecule has 2 aromatic rings. The zero-order valence-corrected chi connectivity index (χ0v) is 14.4. The van der Waals surface area contributed by atoms with Gasteiger partial charge in [-0.2, -0.15) is 26.7 Å². The third-order valence-electron chi connectivity index (χ3n) is 2.74. The molecule has 0 fully saturated rings. The van der Waals surface area contributed by atoms with Gasteiger partial charge in [0.2, 0.25) is 0 Å². The summed E-state index contributed by atoms with van der Waals surface area (Å²) in [6.45, 7) is 0. The Hall–Kier alpha value is -1.62. The zero-order valence-electron chi connectivity index (χ0n) is 11.4. The van der Waals surface area contributed by atoms with Gasteiger partial charge in [0.15, 0.2) is 0 Å². The number of rotatable bonds is 4. The van der Waals surface area contributed by atoms with Crippen molar-refractivity contribution in [2.75, 3.05) is 0 Å². The Morgan fingerprint density at radius 2 is 1.65 bits per heavy atom. The van der Waals surface area contributed by atoms with Gasteiger partial charge in [-0.25, -0.2) is 4.83 Å². The van der Waals surface area contributed by atoms with Gasteiger partial charge >= 0.3 is 6.18 Å². The van der Waals surface area contributed by atoms with E-state index in [2.05, 4.69) is 27.7 Å². The van der Waals surface area contributed by atoms with Gasteiger partial charge in [0.25, 0.3) is 10.0 Å². The Morgan fingerprint density at radius 1 is 1.04 bits per heavy atom. The second-order valence-corrected chi connectivity index (χ2v) is 7.27. The SMILES string of the molecule is O=S(=O)(NN=Cc1ccc(I)cc1)c1ccccc1C(F)(F)F. The third-order valence-corrected chi connectivity index (χ3v) is 4.74. The van der Waals surface area contributed by atoms with Crippen LogP contribution in [0.15, 0.2) is 58.5 Å². The van der Waals surface area contributed by atoms with E-state index in [0.717, 1.165) is 15.7 Å². The fraction of sp³-hybridized carbons (Fsp3) is 0.0714. The molecule has 0 radical (unpaired) electrons. The van der Waals surface area contributed by atoms with E-state index in [0.29, 0.717) is 11.6 Å². The Kier molecular flexibility index (Phi) is 5.30. The molecule has 0 aromatic heterocycles. The molecule has 0 aliphatic rings. The van der Waals surface area contributed by atoms with Crippen LogP contribution >= 0.6 is 22.6 Å². The summed E-state index contributed by atoms with van der Waals surface area (Å²) in [5, 5.41) is 3.51. The minimum Gasteiger partial charge on any atom is -0.200 e. The Balaban J connectivity index is 2.25. The summed E-state index contributed by atoms with van der Waals surface area (Å²) in [6, 6.07) is 10.9. The average Bonchev–Trinajstić information content (AvgIpc) is 2.48. The van der Waals surface area contributed by atoms with Gasteiger partial charge in [0.1, 0.15) is 4.90 Å². The van der Waals surface area contributed by atoms with Crippen molar-refractivity contribution in [3.8, 4) is 0 Å². The van der Waals surface area contributed by atoms with Crippen LogP contribution in [-0.2, 0) is 16.2 Å². The van der Waals surface area contributed by atoms with Crippen molar-refractivity contribution >= 4 is 38.8 Å². The number of alkyl halides is 3. The summed E-state index contributed by atoms with van der Waals surface area (Å²) in [5.74, 6) is 0. The standard InChI is InChI=1S/C14H10F3IN2O2S/c15-14(16,17)12-3-1-2-4-13(12)23(21,22)20-19-9-10-5-7-11(18)8-6-10/h1-9,20H. The van der Waals surface area contributed by atoms with Crippen LogP contribution in [0, 0.1) is 3.57 Å². The molecule has 1 N–H and O–H groups in total. The molecule has 0 aliphatic carbocycles. The summed E-state index contributed by atoms with van der Waals surface area (Å²) in [4.78, 5) is 0.922. The fourth-order valence-corrected chi connectivity index (χ4v) is 3.08. The number of halogens is 4. The van der Waals surface area contributed by atoms with E-state index in [1.54, 1.807) is 29.1 Å². The number of hydrogen-bond donors (Lipinski definition) is 1. The highest BCUT2D eigenvalue weighted by molar-refractivity contribution is 14.1. The first-order valence-corrected chi connectivity index (χ1v) is 8.73. The molecule has 0 saturated heterocycles. The number of sulfonamides is 1. The second-order valence-electron chi connectivity index (χ2n) is 4.40. The Labute approximate surface area is 144 Å². The summed E-state index contributed by atoms with van der Waals surface area (Å²) >= 11 is 2.10. The van der Waals surface area contributed by atoms with Crippen LogP contribution in [-0.4, -0.2) is 14.6 Å². The topological polar surface area (TPSA) is 58.5 Å². The van der Waals surface area contributed by atoms with Crippen LogP contribution < -0.4 is 4.83 Å². The maximum atomic E-state index is 12.9. The summed E-state index contributed by atoms with van der Waals surface area (Å²) in [5.41, 5.74) is -0.630. The zero-order chi connectivity index (χ0) is 17.1. The highest BCUT2D eigenvalue weighted by atomic mass is 127. The van der Waals surface area contributed by atoms with E-state index in [1.807, 2.05) is 0 Å². The molecule has 9 heteroatoms. The lowest BCUT2D eigenvalue weighted by Crippen LogP contribution is -2.22. The van der Waals surface area contributed by atoms with Crippen LogP contribution in [0.4, 0.5) is 13.2 Å². The van der Waals surface area contributed by atoms with Gasteiger partial charge in [0.05, 0.1) is 11.8 Å². The summed E-state index contributed by atoms with van der Waals surface area (Å²) < 4.78 is 63.6. The van der Waals surface area contributed by atoms with Gasteiger partial charge in [0, 0.05) is 3.57 Å². The molecular weight excluding hydrogens is 444 g/mol. The van der Waals surface area contributed by atoms with Crippen molar-refractivity contribution in [1.82, 2.24) is 4.83 Å². The van der Waals surface area contributed by atoms with Crippen molar-refractivity contribution in [2.24, 2.45) is 5.10 Å². The summed E-state index contributed by atoms with van der Waals surface area (Å²) in [6.07, 6.45) is -3.56. The van der Waals surface area contributed by atoms with E-state index >= 15 is 0 Å². The van der Waals surface area contributed by atoms with E-state index in [9.17, 15) is 21.6 Å². The van der Waals surface area contributed by atoms with Crippen LogP contribution in [0.5, 0.6) is 0 Å². The van der Waals surface area contributed by atoms with Crippen molar-refractivity contribution < 1.29 is 21.6 Å². The normalized spacial score (nSPS) is 12.5. The van der Waals surface area contributed by atoms with Gasteiger partial charge in [-0.3, -0.25) is 0 Å². The maximum absolute atomic E-state index is 12.9. The monoisotopic (exact) mass is 454 g/mol. The number of benzene rings is 2. The van der Waals surface area contributed by atoms with Gasteiger partial charge in [-0.1, -0.05) is 24.3 Å². The first-order chi connectivity index (χ1) is 10.7. The van der Waals surface area contributed by atoms with Crippen molar-refractivity contribution in [1.29, 1.82) is 0 Å². The van der Waals surface area contributed by atoms with Crippen molar-refractivity contribution in [2.45, 2.75) is 11.1 Å². The van der Waals surface area contributed by atoms with Crippen LogP contribution in [0.25, 0.3) is 0 Å². The highest BCUT2D eigenvalue weighted by Crippen LogP contribution is 2.33. The molecule has 0 atom stereocenters. The van der Waals surface area contributed by atoms with Crippen LogP contribution in [0.1, 0.15) is 11.1 Å². The Morgan fingerprint density at radius 3 is 2.26 bits per heavy atom. The van der Waals surface area contributed by atoms with Crippen LogP contribution in [0.2, 0.25) is 0 Å². The van der Waals surface area contributed by atoms with Gasteiger partial charge < -0.3 is 0 Å². The van der Waals surface area contributed by atoms with Gasteiger partial charge in [-0.05, 0) is 52.4 Å². The molecule has 23 heavy (non-hydrogen) atoms. The average molecular weight is 454 g/mol. The first kappa shape index (κ1) is 17.7. The maximum Gasteiger partial charge on any atom is 0.417 e. The van der Waals surface area contributed by atoms with Crippen molar-refractivity contribution in [3.63, 3.8) is 0 Å². The number of hydrogen-bond acceptors (Lipinski definition) is 3. The highest BCUT2D eigenvalue weighted by Gasteiger charge is 2.36. The lowest BCUT2D eigenvalue weighted by molar-refractivity contribution is -0.139. The Bertz CT molecular complexity index is 819. The van der Waals surface area contributed by atoms with Crippen molar-refractivity contribution in [3.05, 3.63) is 63.2 Å². The molecule has 2 rings (SSSR count). The molecular formula is C14H10F3IN2O2S. The first-order valence-electron chi connectivity index (χ1n) is 6.17. The quantitative estimate of drug-likeness (QED) is 0.436. The number of nitrogens with zero attached hydrogens (tertiary/aromatic N) is 1. The second kappa shape index (κ2) is 6.87. The molecule has 0 bridgehead atoms. The van der Waals surface area contributed by atoms with Crippen LogP contribution in [0.3, 0.4) is 0 Å². The number of nitrogens with one attached hydrogen (secondary N) is 1. The molecule has 0 unspecified atom stereocenters. The summed E-state index contributed by atoms with van der Waals surface area (Å²) in [7, 11) is -4.42. The smallest absolute Gasteiger partial charge is 0.200 e. The molecule has 0 aliphatic heterocycles. The lowest BCUT2D eigenvalue weighted by Gasteiger charge is -2.12.